The largest absolute Gasteiger partial charge is 0.480 e. The standard InChI is InChI=1S/C13H12NO3S/c1-2-9-6-7-11(18-9)12(15)14-8-4-3-5-10(14)13(16)17/h6-7,10H,3-5,8H2,(H,16,17). The summed E-state index contributed by atoms with van der Waals surface area (Å²) in [4.78, 5) is 25.8. The Hall–Kier alpha value is -1.80. The average molecular weight is 262 g/mol. The number of carboxylic acids is 1. The van der Waals surface area contributed by atoms with Gasteiger partial charge in [-0.1, -0.05) is 0 Å². The minimum Gasteiger partial charge on any atom is -0.480 e. The predicted octanol–water partition coefficient (Wildman–Crippen LogP) is 1.77. The Bertz CT molecular complexity index is 515. The smallest absolute Gasteiger partial charge is 0.326 e. The van der Waals surface area contributed by atoms with Gasteiger partial charge in [-0.25, -0.2) is 4.79 Å². The maximum absolute atomic E-state index is 12.2. The first-order valence-corrected chi connectivity index (χ1v) is 6.51. The van der Waals surface area contributed by atoms with Crippen LogP contribution in [-0.2, 0) is 4.79 Å². The summed E-state index contributed by atoms with van der Waals surface area (Å²) in [6.45, 7) is 0.483. The lowest BCUT2D eigenvalue weighted by atomic mass is 10.0. The van der Waals surface area contributed by atoms with Crippen molar-refractivity contribution in [1.29, 1.82) is 0 Å². The van der Waals surface area contributed by atoms with Crippen molar-refractivity contribution in [1.82, 2.24) is 4.90 Å². The zero-order chi connectivity index (χ0) is 13.1. The molecule has 1 aliphatic heterocycles. The second-order valence-corrected chi connectivity index (χ2v) is 5.22. The highest BCUT2D eigenvalue weighted by Gasteiger charge is 2.32. The van der Waals surface area contributed by atoms with E-state index in [-0.39, 0.29) is 5.91 Å². The molecule has 1 aromatic heterocycles. The first-order valence-electron chi connectivity index (χ1n) is 5.70. The van der Waals surface area contributed by atoms with Gasteiger partial charge in [-0.05, 0) is 43.7 Å². The fourth-order valence-electron chi connectivity index (χ4n) is 2.09. The summed E-state index contributed by atoms with van der Waals surface area (Å²) >= 11 is 1.17. The van der Waals surface area contributed by atoms with Gasteiger partial charge in [-0.2, -0.15) is 0 Å². The van der Waals surface area contributed by atoms with Gasteiger partial charge in [0.2, 0.25) is 0 Å². The maximum atomic E-state index is 12.2. The van der Waals surface area contributed by atoms with Crippen LogP contribution < -0.4 is 0 Å². The summed E-state index contributed by atoms with van der Waals surface area (Å²) in [7, 11) is 0. The highest BCUT2D eigenvalue weighted by Crippen LogP contribution is 2.23. The van der Waals surface area contributed by atoms with Gasteiger partial charge in [-0.3, -0.25) is 4.79 Å². The molecule has 1 unspecified atom stereocenters. The Morgan fingerprint density at radius 3 is 2.83 bits per heavy atom. The molecule has 93 valence electrons. The number of nitrogens with zero attached hydrogens (tertiary/aromatic N) is 1. The van der Waals surface area contributed by atoms with Crippen LogP contribution in [0.4, 0.5) is 0 Å². The van der Waals surface area contributed by atoms with Gasteiger partial charge in [0, 0.05) is 6.54 Å². The van der Waals surface area contributed by atoms with Crippen molar-refractivity contribution < 1.29 is 14.7 Å². The molecule has 2 rings (SSSR count). The van der Waals surface area contributed by atoms with Crippen molar-refractivity contribution in [2.24, 2.45) is 0 Å². The zero-order valence-electron chi connectivity index (χ0n) is 9.68. The van der Waals surface area contributed by atoms with Gasteiger partial charge >= 0.3 is 5.97 Å². The van der Waals surface area contributed by atoms with E-state index in [4.69, 9.17) is 11.5 Å². The molecule has 1 saturated heterocycles. The van der Waals surface area contributed by atoms with Gasteiger partial charge < -0.3 is 10.0 Å². The third kappa shape index (κ3) is 2.39. The Balaban J connectivity index is 2.21. The maximum Gasteiger partial charge on any atom is 0.326 e. The van der Waals surface area contributed by atoms with Crippen LogP contribution in [0.25, 0.3) is 0 Å². The van der Waals surface area contributed by atoms with E-state index in [1.165, 1.54) is 16.2 Å². The molecule has 0 bridgehead atoms. The number of carbonyl (C=O) groups is 2. The average Bonchev–Trinajstić information content (AvgIpc) is 2.86. The summed E-state index contributed by atoms with van der Waals surface area (Å²) in [6, 6.07) is 2.54. The highest BCUT2D eigenvalue weighted by molar-refractivity contribution is 7.14. The molecule has 4 nitrogen and oxygen atoms in total. The third-order valence-corrected chi connectivity index (χ3v) is 3.98. The lowest BCUT2D eigenvalue weighted by molar-refractivity contribution is -0.143. The number of rotatable bonds is 2. The Morgan fingerprint density at radius 1 is 1.44 bits per heavy atom. The SMILES string of the molecule is [C]#Cc1ccc(C(=O)N2CCCCC2C(=O)O)s1. The number of hydrogen-bond donors (Lipinski definition) is 1. The van der Waals surface area contributed by atoms with Crippen LogP contribution in [0.5, 0.6) is 0 Å². The second-order valence-electron chi connectivity index (χ2n) is 4.14. The molecule has 1 amide bonds. The highest BCUT2D eigenvalue weighted by atomic mass is 32.1. The van der Waals surface area contributed by atoms with Gasteiger partial charge in [0.15, 0.2) is 0 Å². The number of thiophene rings is 1. The molecule has 1 radical (unpaired) electrons. The van der Waals surface area contributed by atoms with Crippen LogP contribution in [0, 0.1) is 12.3 Å². The molecule has 2 heterocycles. The van der Waals surface area contributed by atoms with Gasteiger partial charge in [0.1, 0.15) is 6.04 Å². The minimum absolute atomic E-state index is 0.256. The normalized spacial score (nSPS) is 19.3. The molecule has 1 aliphatic rings. The molecule has 5 heteroatoms. The second kappa shape index (κ2) is 5.23. The lowest BCUT2D eigenvalue weighted by Gasteiger charge is -2.32. The fourth-order valence-corrected chi connectivity index (χ4v) is 2.86. The zero-order valence-corrected chi connectivity index (χ0v) is 10.5. The molecular weight excluding hydrogens is 250 g/mol. The summed E-state index contributed by atoms with van der Waals surface area (Å²) < 4.78 is 0. The van der Waals surface area contributed by atoms with Gasteiger partial charge in [0.25, 0.3) is 5.91 Å². The van der Waals surface area contributed by atoms with Crippen molar-refractivity contribution in [3.63, 3.8) is 0 Å². The molecule has 0 saturated carbocycles. The monoisotopic (exact) mass is 262 g/mol. The van der Waals surface area contributed by atoms with Crippen LogP contribution in [0.15, 0.2) is 12.1 Å². The molecule has 0 aromatic carbocycles. The van der Waals surface area contributed by atoms with Gasteiger partial charge in [-0.15, -0.1) is 11.3 Å². The Kier molecular flexibility index (Phi) is 3.68. The van der Waals surface area contributed by atoms with Crippen molar-refractivity contribution in [3.05, 3.63) is 28.3 Å². The van der Waals surface area contributed by atoms with Crippen LogP contribution in [0.3, 0.4) is 0 Å². The topological polar surface area (TPSA) is 57.6 Å². The minimum atomic E-state index is -0.946. The van der Waals surface area contributed by atoms with E-state index in [0.717, 1.165) is 12.8 Å². The Morgan fingerprint density at radius 2 is 2.22 bits per heavy atom. The molecular formula is C13H12NO3S. The first-order chi connectivity index (χ1) is 8.63. The van der Waals surface area contributed by atoms with Crippen molar-refractivity contribution in [2.75, 3.05) is 6.54 Å². The number of carbonyl (C=O) groups excluding carboxylic acids is 1. The van der Waals surface area contributed by atoms with Crippen LogP contribution in [0.2, 0.25) is 0 Å². The summed E-state index contributed by atoms with van der Waals surface area (Å²) in [5.41, 5.74) is 0. The first kappa shape index (κ1) is 12.7. The van der Waals surface area contributed by atoms with Crippen LogP contribution in [0.1, 0.15) is 33.8 Å². The molecule has 1 atom stereocenters. The van der Waals surface area contributed by atoms with E-state index >= 15 is 0 Å². The number of likely N-dealkylation sites (tertiary alicyclic amines) is 1. The quantitative estimate of drug-likeness (QED) is 0.826. The predicted molar refractivity (Wildman–Crippen MR) is 66.9 cm³/mol. The van der Waals surface area contributed by atoms with Crippen LogP contribution in [-0.4, -0.2) is 34.5 Å². The molecule has 18 heavy (non-hydrogen) atoms. The van der Waals surface area contributed by atoms with E-state index in [1.54, 1.807) is 12.1 Å². The van der Waals surface area contributed by atoms with Crippen molar-refractivity contribution in [2.45, 2.75) is 25.3 Å². The molecule has 1 N–H and O–H groups in total. The molecule has 1 aromatic rings. The summed E-state index contributed by atoms with van der Waals surface area (Å²) in [5.74, 6) is 1.02. The van der Waals surface area contributed by atoms with Crippen molar-refractivity contribution in [3.8, 4) is 5.92 Å². The van der Waals surface area contributed by atoms with Crippen molar-refractivity contribution >= 4 is 23.2 Å². The number of amides is 1. The van der Waals surface area contributed by atoms with E-state index in [2.05, 4.69) is 5.92 Å². The number of carboxylic acid groups (broad SMARTS) is 1. The van der Waals surface area contributed by atoms with Crippen LogP contribution >= 0.6 is 11.3 Å². The summed E-state index contributed by atoms with van der Waals surface area (Å²) in [5, 5.41) is 9.12. The molecule has 0 aliphatic carbocycles. The number of aliphatic carboxylic acids is 1. The lowest BCUT2D eigenvalue weighted by Crippen LogP contribution is -2.47. The Labute approximate surface area is 109 Å². The summed E-state index contributed by atoms with van der Waals surface area (Å²) in [6.07, 6.45) is 9.18. The third-order valence-electron chi connectivity index (χ3n) is 2.99. The van der Waals surface area contributed by atoms with E-state index < -0.39 is 12.0 Å². The van der Waals surface area contributed by atoms with E-state index in [0.29, 0.717) is 22.7 Å². The van der Waals surface area contributed by atoms with E-state index in [1.807, 2.05) is 0 Å². The molecule has 1 fully saturated rings. The van der Waals surface area contributed by atoms with Gasteiger partial charge in [0.05, 0.1) is 9.75 Å². The molecule has 0 spiro atoms. The number of hydrogen-bond acceptors (Lipinski definition) is 3. The fraction of sp³-hybridized carbons (Fsp3) is 0.385. The van der Waals surface area contributed by atoms with E-state index in [9.17, 15) is 9.59 Å². The number of piperidine rings is 1.